The summed E-state index contributed by atoms with van der Waals surface area (Å²) >= 11 is 0. The van der Waals surface area contributed by atoms with Crippen molar-refractivity contribution in [2.45, 2.75) is 27.4 Å². The van der Waals surface area contributed by atoms with Crippen molar-refractivity contribution in [2.24, 2.45) is 7.05 Å². The van der Waals surface area contributed by atoms with Crippen LogP contribution in [0.25, 0.3) is 16.8 Å². The van der Waals surface area contributed by atoms with Crippen molar-refractivity contribution in [1.29, 1.82) is 0 Å². The van der Waals surface area contributed by atoms with Crippen molar-refractivity contribution in [3.8, 4) is 22.6 Å². The predicted octanol–water partition coefficient (Wildman–Crippen LogP) is 4.14. The largest absolute Gasteiger partial charge is 0.489 e. The Bertz CT molecular complexity index is 1270. The zero-order valence-corrected chi connectivity index (χ0v) is 17.6. The van der Waals surface area contributed by atoms with E-state index in [1.165, 1.54) is 26.1 Å². The van der Waals surface area contributed by atoms with Gasteiger partial charge in [-0.1, -0.05) is 48.0 Å². The van der Waals surface area contributed by atoms with Crippen molar-refractivity contribution in [3.05, 3.63) is 93.4 Å². The Labute approximate surface area is 175 Å². The lowest BCUT2D eigenvalue weighted by molar-refractivity contribution is 0.304. The Morgan fingerprint density at radius 2 is 1.70 bits per heavy atom. The molecule has 0 saturated carbocycles. The van der Waals surface area contributed by atoms with E-state index in [0.29, 0.717) is 12.3 Å². The molecule has 0 amide bonds. The lowest BCUT2D eigenvalue weighted by atomic mass is 9.99. The molecular formula is C24H24N4O2. The van der Waals surface area contributed by atoms with Gasteiger partial charge in [-0.3, -0.25) is 0 Å². The molecule has 1 aromatic heterocycles. The van der Waals surface area contributed by atoms with Gasteiger partial charge < -0.3 is 4.74 Å². The van der Waals surface area contributed by atoms with Gasteiger partial charge >= 0.3 is 5.69 Å². The van der Waals surface area contributed by atoms with Gasteiger partial charge in [0.15, 0.2) is 0 Å². The average molecular weight is 400 g/mol. The molecule has 3 aromatic carbocycles. The Morgan fingerprint density at radius 3 is 2.40 bits per heavy atom. The van der Waals surface area contributed by atoms with Crippen molar-refractivity contribution in [1.82, 2.24) is 19.8 Å². The van der Waals surface area contributed by atoms with Gasteiger partial charge in [0, 0.05) is 12.6 Å². The number of aryl methyl sites for hydroxylation is 4. The number of nitrogens with zero attached hydrogens (tertiary/aromatic N) is 4. The number of hydrogen-bond donors (Lipinski definition) is 0. The summed E-state index contributed by atoms with van der Waals surface area (Å²) in [5.74, 6) is 0.782. The maximum absolute atomic E-state index is 12.3. The Kier molecular flexibility index (Phi) is 5.23. The first kappa shape index (κ1) is 19.6. The highest BCUT2D eigenvalue weighted by atomic mass is 16.5. The number of rotatable bonds is 5. The number of benzene rings is 3. The first-order chi connectivity index (χ1) is 14.4. The van der Waals surface area contributed by atoms with Gasteiger partial charge in [0.1, 0.15) is 12.4 Å². The maximum atomic E-state index is 12.3. The molecule has 6 nitrogen and oxygen atoms in total. The normalized spacial score (nSPS) is 10.9. The molecule has 0 aliphatic carbocycles. The minimum absolute atomic E-state index is 0.291. The fourth-order valence-electron chi connectivity index (χ4n) is 3.56. The van der Waals surface area contributed by atoms with Gasteiger partial charge in [0.2, 0.25) is 0 Å². The van der Waals surface area contributed by atoms with Crippen LogP contribution in [0.4, 0.5) is 0 Å². The maximum Gasteiger partial charge on any atom is 0.368 e. The van der Waals surface area contributed by atoms with E-state index in [2.05, 4.69) is 54.6 Å². The highest BCUT2D eigenvalue weighted by Gasteiger charge is 2.14. The van der Waals surface area contributed by atoms with Gasteiger partial charge in [0.25, 0.3) is 0 Å². The quantitative estimate of drug-likeness (QED) is 0.505. The third kappa shape index (κ3) is 3.76. The van der Waals surface area contributed by atoms with Gasteiger partial charge in [0.05, 0.1) is 5.69 Å². The van der Waals surface area contributed by atoms with Gasteiger partial charge in [-0.2, -0.15) is 9.36 Å². The lowest BCUT2D eigenvalue weighted by Gasteiger charge is -2.14. The summed E-state index contributed by atoms with van der Waals surface area (Å²) in [5, 5.41) is 7.78. The van der Waals surface area contributed by atoms with Crippen LogP contribution in [0.1, 0.15) is 22.3 Å². The van der Waals surface area contributed by atoms with E-state index >= 15 is 0 Å². The van der Waals surface area contributed by atoms with E-state index in [4.69, 9.17) is 4.74 Å². The van der Waals surface area contributed by atoms with Crippen LogP contribution in [0.3, 0.4) is 0 Å². The van der Waals surface area contributed by atoms with Crippen LogP contribution in [0.2, 0.25) is 0 Å². The molecule has 4 aromatic rings. The molecule has 0 atom stereocenters. The molecule has 0 unspecified atom stereocenters. The SMILES string of the molecule is Cc1cccc(-c2ccc(OCc3c(C)cccc3-n3nnn(C)c3=O)cc2C)c1. The Morgan fingerprint density at radius 1 is 0.900 bits per heavy atom. The van der Waals surface area contributed by atoms with Crippen LogP contribution < -0.4 is 10.4 Å². The summed E-state index contributed by atoms with van der Waals surface area (Å²) in [6.07, 6.45) is 0. The Balaban J connectivity index is 1.61. The van der Waals surface area contributed by atoms with E-state index in [9.17, 15) is 4.79 Å². The van der Waals surface area contributed by atoms with Crippen LogP contribution in [0, 0.1) is 20.8 Å². The molecule has 0 radical (unpaired) electrons. The Hall–Kier alpha value is -3.67. The standard InChI is InChI=1S/C24H24N4O2/c1-16-7-5-9-19(13-16)21-12-11-20(14-18(21)3)30-15-22-17(2)8-6-10-23(22)28-24(29)27(4)25-26-28/h5-14H,15H2,1-4H3. The molecule has 0 spiro atoms. The van der Waals surface area contributed by atoms with Crippen LogP contribution >= 0.6 is 0 Å². The van der Waals surface area contributed by atoms with E-state index in [-0.39, 0.29) is 5.69 Å². The second kappa shape index (κ2) is 7.99. The summed E-state index contributed by atoms with van der Waals surface area (Å²) in [6.45, 7) is 6.51. The summed E-state index contributed by atoms with van der Waals surface area (Å²) in [5.41, 5.74) is 7.09. The van der Waals surface area contributed by atoms with Crippen LogP contribution in [0.15, 0.2) is 65.5 Å². The molecule has 0 aliphatic rings. The van der Waals surface area contributed by atoms with Crippen molar-refractivity contribution in [2.75, 3.05) is 0 Å². The van der Waals surface area contributed by atoms with E-state index in [1.54, 1.807) is 7.05 Å². The highest BCUT2D eigenvalue weighted by molar-refractivity contribution is 5.68. The van der Waals surface area contributed by atoms with Gasteiger partial charge in [-0.05, 0) is 71.7 Å². The fourth-order valence-corrected chi connectivity index (χ4v) is 3.56. The molecule has 0 saturated heterocycles. The highest BCUT2D eigenvalue weighted by Crippen LogP contribution is 2.28. The van der Waals surface area contributed by atoms with Gasteiger partial charge in [-0.25, -0.2) is 4.79 Å². The molecule has 0 N–H and O–H groups in total. The molecule has 152 valence electrons. The monoisotopic (exact) mass is 400 g/mol. The van der Waals surface area contributed by atoms with E-state index in [0.717, 1.165) is 22.4 Å². The van der Waals surface area contributed by atoms with Crippen LogP contribution in [0.5, 0.6) is 5.75 Å². The number of ether oxygens (including phenoxy) is 1. The third-order valence-corrected chi connectivity index (χ3v) is 5.25. The summed E-state index contributed by atoms with van der Waals surface area (Å²) in [7, 11) is 1.58. The minimum Gasteiger partial charge on any atom is -0.489 e. The van der Waals surface area contributed by atoms with Crippen molar-refractivity contribution in [3.63, 3.8) is 0 Å². The molecule has 0 aliphatic heterocycles. The zero-order valence-electron chi connectivity index (χ0n) is 17.6. The minimum atomic E-state index is -0.291. The van der Waals surface area contributed by atoms with Crippen molar-refractivity contribution < 1.29 is 4.74 Å². The van der Waals surface area contributed by atoms with E-state index in [1.807, 2.05) is 37.3 Å². The second-order valence-electron chi connectivity index (χ2n) is 7.50. The van der Waals surface area contributed by atoms with Crippen LogP contribution in [-0.2, 0) is 13.7 Å². The molecular weight excluding hydrogens is 376 g/mol. The van der Waals surface area contributed by atoms with E-state index < -0.39 is 0 Å². The molecule has 4 rings (SSSR count). The predicted molar refractivity (Wildman–Crippen MR) is 117 cm³/mol. The first-order valence-electron chi connectivity index (χ1n) is 9.82. The number of tetrazole rings is 1. The molecule has 30 heavy (non-hydrogen) atoms. The van der Waals surface area contributed by atoms with Gasteiger partial charge in [-0.15, -0.1) is 0 Å². The molecule has 0 fully saturated rings. The summed E-state index contributed by atoms with van der Waals surface area (Å²) in [4.78, 5) is 12.3. The summed E-state index contributed by atoms with van der Waals surface area (Å²) in [6, 6.07) is 20.3. The number of aromatic nitrogens is 4. The van der Waals surface area contributed by atoms with Crippen molar-refractivity contribution >= 4 is 0 Å². The smallest absolute Gasteiger partial charge is 0.368 e. The zero-order chi connectivity index (χ0) is 21.3. The fraction of sp³-hybridized carbons (Fsp3) is 0.208. The summed E-state index contributed by atoms with van der Waals surface area (Å²) < 4.78 is 8.62. The van der Waals surface area contributed by atoms with Crippen LogP contribution in [-0.4, -0.2) is 19.8 Å². The second-order valence-corrected chi connectivity index (χ2v) is 7.50. The topological polar surface area (TPSA) is 61.9 Å². The molecule has 1 heterocycles. The third-order valence-electron chi connectivity index (χ3n) is 5.25. The number of hydrogen-bond acceptors (Lipinski definition) is 4. The lowest BCUT2D eigenvalue weighted by Crippen LogP contribution is -2.23. The average Bonchev–Trinajstić information content (AvgIpc) is 3.05. The molecule has 6 heteroatoms. The molecule has 0 bridgehead atoms. The first-order valence-corrected chi connectivity index (χ1v) is 9.82.